The number of para-hydroxylation sites is 1. The lowest BCUT2D eigenvalue weighted by Crippen LogP contribution is -2.50. The number of amides is 2. The molecule has 6 nitrogen and oxygen atoms in total. The average Bonchev–Trinajstić information content (AvgIpc) is 2.65. The lowest BCUT2D eigenvalue weighted by atomic mass is 10.1. The minimum absolute atomic E-state index is 0.0246. The van der Waals surface area contributed by atoms with Gasteiger partial charge in [0.2, 0.25) is 5.91 Å². The minimum Gasteiger partial charge on any atom is -0.336 e. The largest absolute Gasteiger partial charge is 0.336 e. The summed E-state index contributed by atoms with van der Waals surface area (Å²) in [6, 6.07) is 7.74. The van der Waals surface area contributed by atoms with Crippen molar-refractivity contribution in [1.82, 2.24) is 14.8 Å². The Bertz CT molecular complexity index is 827. The van der Waals surface area contributed by atoms with E-state index in [0.29, 0.717) is 38.3 Å². The summed E-state index contributed by atoms with van der Waals surface area (Å²) in [5.41, 5.74) is 3.58. The minimum atomic E-state index is -0.0247. The molecule has 0 saturated carbocycles. The van der Waals surface area contributed by atoms with Gasteiger partial charge in [0.15, 0.2) is 0 Å². The highest BCUT2D eigenvalue weighted by Crippen LogP contribution is 2.19. The number of hydrogen-bond donors (Lipinski definition) is 1. The first kappa shape index (κ1) is 19.5. The highest BCUT2D eigenvalue weighted by molar-refractivity contribution is 9.10. The molecule has 2 aromatic rings. The molecule has 0 unspecified atom stereocenters. The van der Waals surface area contributed by atoms with E-state index in [9.17, 15) is 9.59 Å². The van der Waals surface area contributed by atoms with Gasteiger partial charge >= 0.3 is 0 Å². The van der Waals surface area contributed by atoms with Gasteiger partial charge in [-0.3, -0.25) is 19.5 Å². The number of carbonyl (C=O) groups excluding carboxylic acids is 2. The van der Waals surface area contributed by atoms with Crippen molar-refractivity contribution < 1.29 is 9.59 Å². The van der Waals surface area contributed by atoms with E-state index in [1.54, 1.807) is 18.5 Å². The molecule has 27 heavy (non-hydrogen) atoms. The molecule has 7 heteroatoms. The first-order valence-corrected chi connectivity index (χ1v) is 9.71. The second-order valence-corrected chi connectivity index (χ2v) is 7.69. The number of benzene rings is 1. The number of nitrogens with one attached hydrogen (secondary N) is 1. The molecule has 142 valence electrons. The van der Waals surface area contributed by atoms with Crippen molar-refractivity contribution in [2.75, 3.05) is 38.0 Å². The predicted molar refractivity (Wildman–Crippen MR) is 109 cm³/mol. The van der Waals surface area contributed by atoms with E-state index < -0.39 is 0 Å². The van der Waals surface area contributed by atoms with E-state index in [-0.39, 0.29) is 11.8 Å². The number of nitrogens with zero attached hydrogens (tertiary/aromatic N) is 3. The van der Waals surface area contributed by atoms with Crippen LogP contribution in [0, 0.1) is 13.8 Å². The van der Waals surface area contributed by atoms with Crippen LogP contribution in [0.5, 0.6) is 0 Å². The number of pyridine rings is 1. The number of aryl methyl sites for hydroxylation is 2. The number of anilines is 1. The predicted octanol–water partition coefficient (Wildman–Crippen LogP) is 2.86. The zero-order chi connectivity index (χ0) is 19.4. The fourth-order valence-electron chi connectivity index (χ4n) is 3.21. The summed E-state index contributed by atoms with van der Waals surface area (Å²) >= 11 is 3.34. The van der Waals surface area contributed by atoms with Gasteiger partial charge in [-0.2, -0.15) is 0 Å². The topological polar surface area (TPSA) is 65.5 Å². The van der Waals surface area contributed by atoms with E-state index >= 15 is 0 Å². The monoisotopic (exact) mass is 430 g/mol. The summed E-state index contributed by atoms with van der Waals surface area (Å²) in [6.07, 6.45) is 3.24. The van der Waals surface area contributed by atoms with Crippen LogP contribution in [0.2, 0.25) is 0 Å². The van der Waals surface area contributed by atoms with Gasteiger partial charge < -0.3 is 10.2 Å². The van der Waals surface area contributed by atoms with Crippen molar-refractivity contribution in [1.29, 1.82) is 0 Å². The molecule has 0 radical (unpaired) electrons. The van der Waals surface area contributed by atoms with Crippen molar-refractivity contribution in [3.05, 3.63) is 57.8 Å². The fourth-order valence-corrected chi connectivity index (χ4v) is 3.58. The molecule has 3 rings (SSSR count). The van der Waals surface area contributed by atoms with Crippen LogP contribution >= 0.6 is 15.9 Å². The number of hydrogen-bond acceptors (Lipinski definition) is 4. The number of piperazine rings is 1. The van der Waals surface area contributed by atoms with Crippen molar-refractivity contribution in [3.8, 4) is 0 Å². The third kappa shape index (κ3) is 4.93. The van der Waals surface area contributed by atoms with Crippen molar-refractivity contribution in [2.24, 2.45) is 0 Å². The van der Waals surface area contributed by atoms with Crippen LogP contribution in [0.15, 0.2) is 41.1 Å². The van der Waals surface area contributed by atoms with E-state index in [2.05, 4.69) is 31.1 Å². The number of rotatable bonds is 4. The zero-order valence-electron chi connectivity index (χ0n) is 15.5. The Kier molecular flexibility index (Phi) is 6.23. The van der Waals surface area contributed by atoms with Crippen molar-refractivity contribution >= 4 is 33.4 Å². The zero-order valence-corrected chi connectivity index (χ0v) is 17.1. The van der Waals surface area contributed by atoms with E-state index in [0.717, 1.165) is 21.3 Å². The van der Waals surface area contributed by atoms with Crippen molar-refractivity contribution in [2.45, 2.75) is 13.8 Å². The molecule has 0 bridgehead atoms. The Labute approximate surface area is 167 Å². The van der Waals surface area contributed by atoms with E-state index in [1.165, 1.54) is 0 Å². The SMILES string of the molecule is Cc1cccc(C)c1NC(=O)CN1CCN(C(=O)c2cncc(Br)c2)CC1. The molecule has 0 atom stereocenters. The van der Waals surface area contributed by atoms with Gasteiger partial charge in [-0.15, -0.1) is 0 Å². The third-order valence-corrected chi connectivity index (χ3v) is 5.16. The smallest absolute Gasteiger partial charge is 0.255 e. The maximum Gasteiger partial charge on any atom is 0.255 e. The number of halogens is 1. The molecular weight excluding hydrogens is 408 g/mol. The molecule has 1 N–H and O–H groups in total. The maximum absolute atomic E-state index is 12.6. The Balaban J connectivity index is 1.52. The molecule has 1 aliphatic rings. The molecular formula is C20H23BrN4O2. The van der Waals surface area contributed by atoms with Crippen LogP contribution in [0.25, 0.3) is 0 Å². The van der Waals surface area contributed by atoms with Crippen LogP contribution in [0.3, 0.4) is 0 Å². The van der Waals surface area contributed by atoms with Crippen LogP contribution in [-0.4, -0.2) is 59.3 Å². The fraction of sp³-hybridized carbons (Fsp3) is 0.350. The molecule has 1 saturated heterocycles. The van der Waals surface area contributed by atoms with Gasteiger partial charge in [-0.1, -0.05) is 18.2 Å². The normalized spacial score (nSPS) is 14.9. The van der Waals surface area contributed by atoms with Gasteiger partial charge in [0.1, 0.15) is 0 Å². The van der Waals surface area contributed by atoms with Crippen molar-refractivity contribution in [3.63, 3.8) is 0 Å². The lowest BCUT2D eigenvalue weighted by Gasteiger charge is -2.34. The Morgan fingerprint density at radius 3 is 2.41 bits per heavy atom. The summed E-state index contributed by atoms with van der Waals surface area (Å²) in [6.45, 7) is 6.85. The summed E-state index contributed by atoms with van der Waals surface area (Å²) in [5, 5.41) is 3.02. The molecule has 1 fully saturated rings. The van der Waals surface area contributed by atoms with Gasteiger partial charge in [-0.05, 0) is 47.0 Å². The Morgan fingerprint density at radius 2 is 1.78 bits per heavy atom. The number of aromatic nitrogens is 1. The number of carbonyl (C=O) groups is 2. The van der Waals surface area contributed by atoms with E-state index in [1.807, 2.05) is 36.9 Å². The van der Waals surface area contributed by atoms with Gasteiger partial charge in [0.25, 0.3) is 5.91 Å². The van der Waals surface area contributed by atoms with Crippen LogP contribution in [-0.2, 0) is 4.79 Å². The van der Waals surface area contributed by atoms with Gasteiger partial charge in [0, 0.05) is 48.7 Å². The molecule has 1 aromatic carbocycles. The molecule has 2 amide bonds. The van der Waals surface area contributed by atoms with Crippen LogP contribution < -0.4 is 5.32 Å². The summed E-state index contributed by atoms with van der Waals surface area (Å²) < 4.78 is 0.787. The second kappa shape index (κ2) is 8.63. The molecule has 0 spiro atoms. The van der Waals surface area contributed by atoms with Crippen LogP contribution in [0.1, 0.15) is 21.5 Å². The highest BCUT2D eigenvalue weighted by Gasteiger charge is 2.23. The highest BCUT2D eigenvalue weighted by atomic mass is 79.9. The average molecular weight is 431 g/mol. The molecule has 1 aromatic heterocycles. The van der Waals surface area contributed by atoms with E-state index in [4.69, 9.17) is 0 Å². The Hall–Kier alpha value is -2.25. The first-order chi connectivity index (χ1) is 12.9. The first-order valence-electron chi connectivity index (χ1n) is 8.92. The summed E-state index contributed by atoms with van der Waals surface area (Å²) in [4.78, 5) is 32.9. The standard InChI is InChI=1S/C20H23BrN4O2/c1-14-4-3-5-15(2)19(14)23-18(26)13-24-6-8-25(9-7-24)20(27)16-10-17(21)12-22-11-16/h3-5,10-12H,6-9,13H2,1-2H3,(H,23,26). The Morgan fingerprint density at radius 1 is 1.11 bits per heavy atom. The summed E-state index contributed by atoms with van der Waals surface area (Å²) in [7, 11) is 0. The maximum atomic E-state index is 12.6. The second-order valence-electron chi connectivity index (χ2n) is 6.78. The summed E-state index contributed by atoms with van der Waals surface area (Å²) in [5.74, 6) is -0.0493. The molecule has 0 aliphatic carbocycles. The molecule has 2 heterocycles. The molecule has 1 aliphatic heterocycles. The van der Waals surface area contributed by atoms with Gasteiger partial charge in [0.05, 0.1) is 12.1 Å². The lowest BCUT2D eigenvalue weighted by molar-refractivity contribution is -0.117. The van der Waals surface area contributed by atoms with Crippen LogP contribution in [0.4, 0.5) is 5.69 Å². The quantitative estimate of drug-likeness (QED) is 0.809. The van der Waals surface area contributed by atoms with Gasteiger partial charge in [-0.25, -0.2) is 0 Å². The third-order valence-electron chi connectivity index (χ3n) is 4.72.